The largest absolute Gasteiger partial charge is 0.481 e. The summed E-state index contributed by atoms with van der Waals surface area (Å²) < 4.78 is 19.1. The van der Waals surface area contributed by atoms with Crippen LogP contribution in [0.3, 0.4) is 0 Å². The van der Waals surface area contributed by atoms with E-state index in [0.717, 1.165) is 0 Å². The average Bonchev–Trinajstić information content (AvgIpc) is 3.13. The van der Waals surface area contributed by atoms with Gasteiger partial charge in [0.15, 0.2) is 0 Å². The van der Waals surface area contributed by atoms with E-state index in [-0.39, 0.29) is 0 Å². The van der Waals surface area contributed by atoms with Gasteiger partial charge in [-0.25, -0.2) is 14.0 Å². The first-order valence-electron chi connectivity index (χ1n) is 8.22. The number of carboxylic acid groups (broad SMARTS) is 2. The van der Waals surface area contributed by atoms with Gasteiger partial charge in [0.25, 0.3) is 0 Å². The summed E-state index contributed by atoms with van der Waals surface area (Å²) >= 11 is 0. The van der Waals surface area contributed by atoms with E-state index < -0.39 is 71.5 Å². The van der Waals surface area contributed by atoms with Crippen molar-refractivity contribution in [2.45, 2.75) is 57.5 Å². The minimum atomic E-state index is -2.01. The summed E-state index contributed by atoms with van der Waals surface area (Å²) in [5.74, 6) is -6.74. The Morgan fingerprint density at radius 3 is 2.23 bits per heavy atom. The molecule has 26 heavy (non-hydrogen) atoms. The summed E-state index contributed by atoms with van der Waals surface area (Å²) in [6.45, 7) is 6.22. The quantitative estimate of drug-likeness (QED) is 0.550. The number of carbonyl (C=O) groups excluding carboxylic acids is 2. The Kier molecular flexibility index (Phi) is 4.91. The maximum atomic E-state index is 14.1. The lowest BCUT2D eigenvalue weighted by Gasteiger charge is -2.30. The average molecular weight is 374 g/mol. The van der Waals surface area contributed by atoms with Crippen LogP contribution in [0.5, 0.6) is 0 Å². The zero-order valence-corrected chi connectivity index (χ0v) is 14.9. The molecule has 0 aromatic carbocycles. The summed E-state index contributed by atoms with van der Waals surface area (Å²) in [6, 6.07) is -1.15. The van der Waals surface area contributed by atoms with Crippen molar-refractivity contribution in [1.29, 1.82) is 0 Å². The molecule has 0 aliphatic heterocycles. The first-order valence-corrected chi connectivity index (χ1v) is 8.22. The SMILES string of the molecule is C[C@H](NC(=O)OC(C)(C)C)C(=O)N[C@@]1(C(=O)O)C[C@@H](F)[C@H]2[C@H](C(=O)O)[C@H]21. The summed E-state index contributed by atoms with van der Waals surface area (Å²) in [7, 11) is 0. The molecule has 0 spiro atoms. The number of hydrogen-bond donors (Lipinski definition) is 4. The van der Waals surface area contributed by atoms with E-state index in [4.69, 9.17) is 9.84 Å². The molecule has 10 heteroatoms. The molecule has 146 valence electrons. The topological polar surface area (TPSA) is 142 Å². The van der Waals surface area contributed by atoms with Crippen LogP contribution in [0.2, 0.25) is 0 Å². The van der Waals surface area contributed by atoms with Crippen LogP contribution in [0, 0.1) is 17.8 Å². The smallest absolute Gasteiger partial charge is 0.408 e. The monoisotopic (exact) mass is 374 g/mol. The first-order chi connectivity index (χ1) is 11.8. The fourth-order valence-electron chi connectivity index (χ4n) is 3.61. The molecule has 9 nitrogen and oxygen atoms in total. The van der Waals surface area contributed by atoms with Gasteiger partial charge in [-0.15, -0.1) is 0 Å². The predicted molar refractivity (Wildman–Crippen MR) is 85.0 cm³/mol. The number of fused-ring (bicyclic) bond motifs is 1. The van der Waals surface area contributed by atoms with E-state index in [9.17, 15) is 28.7 Å². The lowest BCUT2D eigenvalue weighted by atomic mass is 9.89. The Balaban J connectivity index is 2.09. The lowest BCUT2D eigenvalue weighted by molar-refractivity contribution is -0.150. The van der Waals surface area contributed by atoms with Gasteiger partial charge >= 0.3 is 18.0 Å². The number of amides is 2. The summed E-state index contributed by atoms with van der Waals surface area (Å²) in [5, 5.41) is 23.2. The molecule has 0 unspecified atom stereocenters. The molecular formula is C16H23FN2O7. The highest BCUT2D eigenvalue weighted by atomic mass is 19.1. The van der Waals surface area contributed by atoms with Gasteiger partial charge < -0.3 is 25.6 Å². The third-order valence-electron chi connectivity index (χ3n) is 4.72. The lowest BCUT2D eigenvalue weighted by Crippen LogP contribution is -2.60. The highest BCUT2D eigenvalue weighted by Crippen LogP contribution is 2.63. The van der Waals surface area contributed by atoms with Gasteiger partial charge in [0.1, 0.15) is 23.4 Å². The molecule has 6 atom stereocenters. The van der Waals surface area contributed by atoms with E-state index in [1.807, 2.05) is 0 Å². The van der Waals surface area contributed by atoms with E-state index in [0.29, 0.717) is 0 Å². The molecule has 2 aliphatic carbocycles. The number of halogens is 1. The number of alkyl carbamates (subject to hydrolysis) is 1. The standard InChI is InChI=1S/C16H23FN2O7/c1-6(18-14(25)26-15(2,3)4)11(20)19-16(13(23)24)5-7(17)8-9(10(8)16)12(21)22/h6-10H,5H2,1-4H3,(H,18,25)(H,19,20)(H,21,22)(H,23,24)/t6-,7+,8-,9-,10-,16-/m0/s1. The molecule has 2 saturated carbocycles. The van der Waals surface area contributed by atoms with Crippen molar-refractivity contribution in [3.05, 3.63) is 0 Å². The molecule has 4 N–H and O–H groups in total. The number of carbonyl (C=O) groups is 4. The van der Waals surface area contributed by atoms with Gasteiger partial charge in [-0.2, -0.15) is 0 Å². The van der Waals surface area contributed by atoms with Crippen molar-refractivity contribution in [2.75, 3.05) is 0 Å². The van der Waals surface area contributed by atoms with Crippen molar-refractivity contribution >= 4 is 23.9 Å². The minimum Gasteiger partial charge on any atom is -0.481 e. The molecule has 2 amide bonds. The number of alkyl halides is 1. The molecule has 0 aromatic rings. The highest BCUT2D eigenvalue weighted by Gasteiger charge is 2.76. The summed E-state index contributed by atoms with van der Waals surface area (Å²) in [4.78, 5) is 47.0. The Labute approximate surface area is 149 Å². The fraction of sp³-hybridized carbons (Fsp3) is 0.750. The van der Waals surface area contributed by atoms with Crippen LogP contribution in [0.1, 0.15) is 34.1 Å². The Bertz CT molecular complexity index is 647. The Morgan fingerprint density at radius 2 is 1.81 bits per heavy atom. The van der Waals surface area contributed by atoms with E-state index in [1.54, 1.807) is 20.8 Å². The molecule has 2 rings (SSSR count). The molecular weight excluding hydrogens is 351 g/mol. The Hall–Kier alpha value is -2.39. The van der Waals surface area contributed by atoms with Crippen molar-refractivity contribution < 1.29 is 38.5 Å². The van der Waals surface area contributed by atoms with Gasteiger partial charge in [0.05, 0.1) is 5.92 Å². The third kappa shape index (κ3) is 3.58. The van der Waals surface area contributed by atoms with Gasteiger partial charge in [-0.05, 0) is 27.7 Å². The second-order valence-electron chi connectivity index (χ2n) is 7.82. The zero-order valence-electron chi connectivity index (χ0n) is 14.9. The van der Waals surface area contributed by atoms with E-state index in [2.05, 4.69) is 10.6 Å². The number of ether oxygens (including phenoxy) is 1. The third-order valence-corrected chi connectivity index (χ3v) is 4.72. The molecule has 0 saturated heterocycles. The number of nitrogens with one attached hydrogen (secondary N) is 2. The number of rotatable bonds is 5. The summed E-state index contributed by atoms with van der Waals surface area (Å²) in [5.41, 5.74) is -2.79. The van der Waals surface area contributed by atoms with Gasteiger partial charge in [0.2, 0.25) is 5.91 Å². The van der Waals surface area contributed by atoms with Gasteiger partial charge in [-0.3, -0.25) is 9.59 Å². The normalized spacial score (nSPS) is 33.6. The van der Waals surface area contributed by atoms with E-state index >= 15 is 0 Å². The highest BCUT2D eigenvalue weighted by molar-refractivity contribution is 5.93. The number of carboxylic acids is 2. The number of hydrogen-bond acceptors (Lipinski definition) is 5. The minimum absolute atomic E-state index is 0.508. The van der Waals surface area contributed by atoms with Crippen LogP contribution < -0.4 is 10.6 Å². The fourth-order valence-corrected chi connectivity index (χ4v) is 3.61. The Morgan fingerprint density at radius 1 is 1.23 bits per heavy atom. The van der Waals surface area contributed by atoms with Crippen molar-refractivity contribution in [3.63, 3.8) is 0 Å². The molecule has 0 bridgehead atoms. The molecule has 2 aliphatic rings. The summed E-state index contributed by atoms with van der Waals surface area (Å²) in [6.07, 6.45) is -3.01. The van der Waals surface area contributed by atoms with Crippen LogP contribution in [0.25, 0.3) is 0 Å². The van der Waals surface area contributed by atoms with Crippen LogP contribution in [0.15, 0.2) is 0 Å². The van der Waals surface area contributed by atoms with Gasteiger partial charge in [-0.1, -0.05) is 0 Å². The van der Waals surface area contributed by atoms with Crippen LogP contribution in [-0.2, 0) is 19.1 Å². The van der Waals surface area contributed by atoms with Crippen LogP contribution in [0.4, 0.5) is 9.18 Å². The van der Waals surface area contributed by atoms with Crippen molar-refractivity contribution in [2.24, 2.45) is 17.8 Å². The molecule has 0 heterocycles. The molecule has 0 radical (unpaired) electrons. The number of aliphatic carboxylic acids is 2. The van der Waals surface area contributed by atoms with Crippen molar-refractivity contribution in [1.82, 2.24) is 10.6 Å². The first kappa shape index (κ1) is 19.9. The maximum absolute atomic E-state index is 14.1. The van der Waals surface area contributed by atoms with Crippen LogP contribution in [-0.4, -0.2) is 57.5 Å². The van der Waals surface area contributed by atoms with Crippen molar-refractivity contribution in [3.8, 4) is 0 Å². The molecule has 2 fully saturated rings. The predicted octanol–water partition coefficient (Wildman–Crippen LogP) is 0.528. The van der Waals surface area contributed by atoms with E-state index in [1.165, 1.54) is 6.92 Å². The second-order valence-corrected chi connectivity index (χ2v) is 7.82. The van der Waals surface area contributed by atoms with Gasteiger partial charge in [0, 0.05) is 18.3 Å². The van der Waals surface area contributed by atoms with Crippen LogP contribution >= 0.6 is 0 Å². The molecule has 0 aromatic heterocycles. The zero-order chi connectivity index (χ0) is 20.0. The maximum Gasteiger partial charge on any atom is 0.408 e. The second kappa shape index (κ2) is 6.40.